The highest BCUT2D eigenvalue weighted by Crippen LogP contribution is 2.31. The highest BCUT2D eigenvalue weighted by Gasteiger charge is 2.17. The standard InChI is InChI=1S/C12H9Br2NO5/c1-20-12(19)7-4-6(13)5-8(14)11(7)15-9(16)2-3-10(17)18/h2-5H,1H3,(H,15,16)(H,17,18)/b3-2+. The van der Waals surface area contributed by atoms with Crippen molar-refractivity contribution in [1.82, 2.24) is 0 Å². The molecule has 0 aliphatic heterocycles. The number of amides is 1. The molecule has 106 valence electrons. The molecular formula is C12H9Br2NO5. The molecule has 0 atom stereocenters. The van der Waals surface area contributed by atoms with Crippen LogP contribution in [0.5, 0.6) is 0 Å². The maximum absolute atomic E-state index is 11.7. The van der Waals surface area contributed by atoms with E-state index < -0.39 is 17.8 Å². The summed E-state index contributed by atoms with van der Waals surface area (Å²) < 4.78 is 5.69. The number of methoxy groups -OCH3 is 1. The molecule has 2 N–H and O–H groups in total. The lowest BCUT2D eigenvalue weighted by Crippen LogP contribution is -2.14. The van der Waals surface area contributed by atoms with Gasteiger partial charge >= 0.3 is 11.9 Å². The van der Waals surface area contributed by atoms with Gasteiger partial charge in [0.05, 0.1) is 18.4 Å². The van der Waals surface area contributed by atoms with Crippen molar-refractivity contribution in [2.75, 3.05) is 12.4 Å². The number of carboxylic acid groups (broad SMARTS) is 1. The summed E-state index contributed by atoms with van der Waals surface area (Å²) in [5.74, 6) is -2.56. The summed E-state index contributed by atoms with van der Waals surface area (Å²) >= 11 is 6.43. The second-order valence-corrected chi connectivity index (χ2v) is 5.23. The number of halogens is 2. The molecule has 1 amide bonds. The van der Waals surface area contributed by atoms with E-state index in [1.807, 2.05) is 0 Å². The highest BCUT2D eigenvalue weighted by atomic mass is 79.9. The van der Waals surface area contributed by atoms with Crippen LogP contribution in [0.2, 0.25) is 0 Å². The number of carboxylic acids is 1. The smallest absolute Gasteiger partial charge is 0.340 e. The first-order chi connectivity index (χ1) is 9.35. The minimum atomic E-state index is -1.25. The van der Waals surface area contributed by atoms with Gasteiger partial charge < -0.3 is 15.2 Å². The van der Waals surface area contributed by atoms with Crippen molar-refractivity contribution in [1.29, 1.82) is 0 Å². The Hall–Kier alpha value is -1.67. The number of ether oxygens (including phenoxy) is 1. The number of aliphatic carboxylic acids is 1. The van der Waals surface area contributed by atoms with Crippen LogP contribution >= 0.6 is 31.9 Å². The van der Waals surface area contributed by atoms with E-state index in [1.54, 1.807) is 6.07 Å². The molecule has 0 saturated carbocycles. The first kappa shape index (κ1) is 16.4. The van der Waals surface area contributed by atoms with Crippen LogP contribution in [0.15, 0.2) is 33.2 Å². The van der Waals surface area contributed by atoms with E-state index >= 15 is 0 Å². The quantitative estimate of drug-likeness (QED) is 0.592. The zero-order chi connectivity index (χ0) is 15.3. The molecule has 20 heavy (non-hydrogen) atoms. The predicted octanol–water partition coefficient (Wildman–Crippen LogP) is 2.58. The van der Waals surface area contributed by atoms with Gasteiger partial charge in [-0.1, -0.05) is 15.9 Å². The Labute approximate surface area is 131 Å². The lowest BCUT2D eigenvalue weighted by molar-refractivity contribution is -0.131. The number of hydrogen-bond donors (Lipinski definition) is 2. The van der Waals surface area contributed by atoms with Gasteiger partial charge in [0, 0.05) is 21.1 Å². The minimum Gasteiger partial charge on any atom is -0.478 e. The number of nitrogens with one attached hydrogen (secondary N) is 1. The maximum Gasteiger partial charge on any atom is 0.340 e. The Bertz CT molecular complexity index is 598. The zero-order valence-corrected chi connectivity index (χ0v) is 13.3. The second kappa shape index (κ2) is 7.20. The molecule has 8 heteroatoms. The van der Waals surface area contributed by atoms with Gasteiger partial charge in [-0.3, -0.25) is 4.79 Å². The van der Waals surface area contributed by atoms with Gasteiger partial charge in [0.1, 0.15) is 0 Å². The van der Waals surface area contributed by atoms with Crippen LogP contribution in [0.3, 0.4) is 0 Å². The van der Waals surface area contributed by atoms with E-state index in [-0.39, 0.29) is 11.3 Å². The predicted molar refractivity (Wildman–Crippen MR) is 78.6 cm³/mol. The Morgan fingerprint density at radius 1 is 1.25 bits per heavy atom. The molecule has 0 spiro atoms. The summed E-state index contributed by atoms with van der Waals surface area (Å²) in [6, 6.07) is 3.11. The molecule has 0 heterocycles. The molecule has 0 aliphatic rings. The number of hydrogen-bond acceptors (Lipinski definition) is 4. The lowest BCUT2D eigenvalue weighted by atomic mass is 10.2. The molecule has 0 fully saturated rings. The summed E-state index contributed by atoms with van der Waals surface area (Å²) in [5, 5.41) is 10.9. The molecule has 0 aromatic heterocycles. The van der Waals surface area contributed by atoms with Gasteiger partial charge in [-0.05, 0) is 28.1 Å². The average molecular weight is 407 g/mol. The van der Waals surface area contributed by atoms with Gasteiger partial charge in [0.2, 0.25) is 5.91 Å². The third kappa shape index (κ3) is 4.46. The minimum absolute atomic E-state index is 0.130. The van der Waals surface area contributed by atoms with Crippen LogP contribution < -0.4 is 5.32 Å². The third-order valence-electron chi connectivity index (χ3n) is 2.09. The van der Waals surface area contributed by atoms with Crippen LogP contribution in [0.1, 0.15) is 10.4 Å². The van der Waals surface area contributed by atoms with Crippen molar-refractivity contribution in [3.8, 4) is 0 Å². The molecule has 0 saturated heterocycles. The monoisotopic (exact) mass is 405 g/mol. The van der Waals surface area contributed by atoms with Crippen molar-refractivity contribution in [2.24, 2.45) is 0 Å². The van der Waals surface area contributed by atoms with Crippen LogP contribution in [-0.4, -0.2) is 30.1 Å². The Balaban J connectivity index is 3.14. The van der Waals surface area contributed by atoms with Crippen molar-refractivity contribution in [3.05, 3.63) is 38.8 Å². The lowest BCUT2D eigenvalue weighted by Gasteiger charge is -2.11. The van der Waals surface area contributed by atoms with Crippen LogP contribution in [-0.2, 0) is 14.3 Å². The normalized spacial score (nSPS) is 10.3. The summed E-state index contributed by atoms with van der Waals surface area (Å²) in [7, 11) is 1.22. The van der Waals surface area contributed by atoms with Gasteiger partial charge in [-0.25, -0.2) is 9.59 Å². The molecule has 0 aliphatic carbocycles. The number of benzene rings is 1. The van der Waals surface area contributed by atoms with Crippen molar-refractivity contribution in [3.63, 3.8) is 0 Å². The fourth-order valence-electron chi connectivity index (χ4n) is 1.28. The van der Waals surface area contributed by atoms with Crippen LogP contribution in [0.25, 0.3) is 0 Å². The van der Waals surface area contributed by atoms with Crippen molar-refractivity contribution < 1.29 is 24.2 Å². The molecule has 1 aromatic carbocycles. The Kier molecular flexibility index (Phi) is 5.90. The number of carbonyl (C=O) groups excluding carboxylic acids is 2. The number of esters is 1. The Morgan fingerprint density at radius 2 is 1.90 bits per heavy atom. The van der Waals surface area contributed by atoms with Gasteiger partial charge in [0.15, 0.2) is 0 Å². The van der Waals surface area contributed by atoms with E-state index in [2.05, 4.69) is 41.9 Å². The summed E-state index contributed by atoms with van der Waals surface area (Å²) in [6.07, 6.45) is 1.54. The molecule has 0 unspecified atom stereocenters. The summed E-state index contributed by atoms with van der Waals surface area (Å²) in [6.45, 7) is 0. The fraction of sp³-hybridized carbons (Fsp3) is 0.0833. The van der Waals surface area contributed by atoms with E-state index in [9.17, 15) is 14.4 Å². The number of carbonyl (C=O) groups is 3. The largest absolute Gasteiger partial charge is 0.478 e. The van der Waals surface area contributed by atoms with E-state index in [1.165, 1.54) is 13.2 Å². The fourth-order valence-corrected chi connectivity index (χ4v) is 2.61. The Morgan fingerprint density at radius 3 is 2.45 bits per heavy atom. The number of rotatable bonds is 4. The topological polar surface area (TPSA) is 92.7 Å². The summed E-state index contributed by atoms with van der Waals surface area (Å²) in [5.41, 5.74) is 0.325. The average Bonchev–Trinajstić information content (AvgIpc) is 2.38. The molecule has 0 bridgehead atoms. The summed E-state index contributed by atoms with van der Waals surface area (Å²) in [4.78, 5) is 33.6. The molecule has 0 radical (unpaired) electrons. The SMILES string of the molecule is COC(=O)c1cc(Br)cc(Br)c1NC(=O)/C=C/C(=O)O. The first-order valence-corrected chi connectivity index (χ1v) is 6.73. The van der Waals surface area contributed by atoms with Gasteiger partial charge in [-0.15, -0.1) is 0 Å². The van der Waals surface area contributed by atoms with E-state index in [4.69, 9.17) is 5.11 Å². The van der Waals surface area contributed by atoms with Crippen molar-refractivity contribution >= 4 is 55.4 Å². The second-order valence-electron chi connectivity index (χ2n) is 3.46. The molecule has 1 rings (SSSR count). The van der Waals surface area contributed by atoms with E-state index in [0.717, 1.165) is 6.08 Å². The first-order valence-electron chi connectivity index (χ1n) is 5.14. The molecule has 1 aromatic rings. The van der Waals surface area contributed by atoms with Crippen LogP contribution in [0, 0.1) is 0 Å². The van der Waals surface area contributed by atoms with Gasteiger partial charge in [0.25, 0.3) is 0 Å². The molecular weight excluding hydrogens is 398 g/mol. The van der Waals surface area contributed by atoms with Gasteiger partial charge in [-0.2, -0.15) is 0 Å². The molecule has 6 nitrogen and oxygen atoms in total. The third-order valence-corrected chi connectivity index (χ3v) is 3.17. The van der Waals surface area contributed by atoms with Crippen LogP contribution in [0.4, 0.5) is 5.69 Å². The zero-order valence-electron chi connectivity index (χ0n) is 10.1. The maximum atomic E-state index is 11.7. The number of anilines is 1. The van der Waals surface area contributed by atoms with E-state index in [0.29, 0.717) is 15.0 Å². The van der Waals surface area contributed by atoms with Crippen molar-refractivity contribution in [2.45, 2.75) is 0 Å². The highest BCUT2D eigenvalue weighted by molar-refractivity contribution is 9.11.